The zero-order valence-corrected chi connectivity index (χ0v) is 6.59. The topological polar surface area (TPSA) is 43.4 Å². The molecular formula is C7H11FO3. The van der Waals surface area contributed by atoms with Crippen LogP contribution in [-0.4, -0.2) is 25.0 Å². The Morgan fingerprint density at radius 2 is 2.09 bits per heavy atom. The van der Waals surface area contributed by atoms with E-state index in [9.17, 15) is 14.0 Å². The second-order valence-corrected chi connectivity index (χ2v) is 2.07. The Balaban J connectivity index is 3.91. The van der Waals surface area contributed by atoms with Crippen LogP contribution in [0.2, 0.25) is 0 Å². The van der Waals surface area contributed by atoms with Crippen LogP contribution in [0.25, 0.3) is 0 Å². The maximum absolute atomic E-state index is 11.7. The van der Waals surface area contributed by atoms with Crippen LogP contribution in [0.4, 0.5) is 4.39 Å². The Hall–Kier alpha value is -0.930. The largest absolute Gasteiger partial charge is 0.465 e. The highest BCUT2D eigenvalue weighted by atomic mass is 19.1. The van der Waals surface area contributed by atoms with Gasteiger partial charge >= 0.3 is 5.97 Å². The summed E-state index contributed by atoms with van der Waals surface area (Å²) in [4.78, 5) is 21.3. The molecular weight excluding hydrogens is 151 g/mol. The minimum atomic E-state index is -1.11. The van der Waals surface area contributed by atoms with Crippen LogP contribution in [-0.2, 0) is 14.3 Å². The minimum absolute atomic E-state index is 0.211. The summed E-state index contributed by atoms with van der Waals surface area (Å²) in [5, 5.41) is 0. The molecule has 0 aliphatic heterocycles. The summed E-state index contributed by atoms with van der Waals surface area (Å²) in [6, 6.07) is 0. The lowest BCUT2D eigenvalue weighted by molar-refractivity contribution is -0.151. The molecule has 0 heterocycles. The van der Waals surface area contributed by atoms with Crippen molar-refractivity contribution in [1.82, 2.24) is 0 Å². The van der Waals surface area contributed by atoms with Crippen molar-refractivity contribution in [1.29, 1.82) is 0 Å². The van der Waals surface area contributed by atoms with Crippen LogP contribution in [0.3, 0.4) is 0 Å². The lowest BCUT2D eigenvalue weighted by atomic mass is 10.1. The molecule has 4 heteroatoms. The number of hydrogen-bond acceptors (Lipinski definition) is 3. The van der Waals surface area contributed by atoms with Gasteiger partial charge in [0.2, 0.25) is 0 Å². The first-order valence-corrected chi connectivity index (χ1v) is 3.38. The molecule has 11 heavy (non-hydrogen) atoms. The lowest BCUT2D eigenvalue weighted by Crippen LogP contribution is -2.24. The number of Topliss-reactive ketones (excluding diaryl/α,β-unsaturated/α-hetero) is 1. The summed E-state index contributed by atoms with van der Waals surface area (Å²) in [6.07, 6.45) is 0. The van der Waals surface area contributed by atoms with Gasteiger partial charge < -0.3 is 4.74 Å². The van der Waals surface area contributed by atoms with E-state index in [4.69, 9.17) is 0 Å². The average Bonchev–Trinajstić information content (AvgIpc) is 2.02. The van der Waals surface area contributed by atoms with E-state index >= 15 is 0 Å². The molecule has 0 N–H and O–H groups in total. The third-order valence-corrected chi connectivity index (χ3v) is 1.25. The average molecular weight is 162 g/mol. The molecule has 0 bridgehead atoms. The maximum Gasteiger partial charge on any atom is 0.316 e. The van der Waals surface area contributed by atoms with Crippen molar-refractivity contribution in [2.45, 2.75) is 13.8 Å². The van der Waals surface area contributed by atoms with Crippen molar-refractivity contribution >= 4 is 11.8 Å². The highest BCUT2D eigenvalue weighted by Crippen LogP contribution is 2.00. The summed E-state index contributed by atoms with van der Waals surface area (Å²) in [5.41, 5.74) is 0. The van der Waals surface area contributed by atoms with Crippen LogP contribution in [0.1, 0.15) is 13.8 Å². The Morgan fingerprint density at radius 3 is 2.45 bits per heavy atom. The molecule has 3 nitrogen and oxygen atoms in total. The van der Waals surface area contributed by atoms with E-state index < -0.39 is 24.3 Å². The van der Waals surface area contributed by atoms with Gasteiger partial charge in [-0.05, 0) is 13.8 Å². The second-order valence-electron chi connectivity index (χ2n) is 2.07. The highest BCUT2D eigenvalue weighted by Gasteiger charge is 2.21. The quantitative estimate of drug-likeness (QED) is 0.452. The van der Waals surface area contributed by atoms with Gasteiger partial charge in [-0.1, -0.05) is 0 Å². The van der Waals surface area contributed by atoms with E-state index in [1.54, 1.807) is 6.92 Å². The number of rotatable bonds is 4. The summed E-state index contributed by atoms with van der Waals surface area (Å²) >= 11 is 0. The van der Waals surface area contributed by atoms with Crippen molar-refractivity contribution in [2.75, 3.05) is 13.3 Å². The predicted molar refractivity (Wildman–Crippen MR) is 36.8 cm³/mol. The minimum Gasteiger partial charge on any atom is -0.465 e. The number of esters is 1. The van der Waals surface area contributed by atoms with Crippen LogP contribution in [0, 0.1) is 5.92 Å². The van der Waals surface area contributed by atoms with Crippen LogP contribution in [0.5, 0.6) is 0 Å². The lowest BCUT2D eigenvalue weighted by Gasteiger charge is -2.05. The molecule has 0 aliphatic rings. The Bertz CT molecular complexity index is 156. The van der Waals surface area contributed by atoms with Crippen molar-refractivity contribution in [3.05, 3.63) is 0 Å². The maximum atomic E-state index is 11.7. The molecule has 0 aromatic carbocycles. The smallest absolute Gasteiger partial charge is 0.316 e. The van der Waals surface area contributed by atoms with E-state index in [0.717, 1.165) is 0 Å². The van der Waals surface area contributed by atoms with Gasteiger partial charge in [0.05, 0.1) is 6.61 Å². The molecule has 1 unspecified atom stereocenters. The van der Waals surface area contributed by atoms with Crippen LogP contribution in [0.15, 0.2) is 0 Å². The van der Waals surface area contributed by atoms with E-state index in [1.807, 2.05) is 0 Å². The molecule has 0 saturated heterocycles. The number of ether oxygens (including phenoxy) is 1. The van der Waals surface area contributed by atoms with Gasteiger partial charge in [-0.2, -0.15) is 0 Å². The zero-order chi connectivity index (χ0) is 8.85. The molecule has 0 aromatic heterocycles. The van der Waals surface area contributed by atoms with E-state index in [1.165, 1.54) is 6.92 Å². The van der Waals surface area contributed by atoms with Crippen molar-refractivity contribution in [2.24, 2.45) is 5.92 Å². The first-order valence-electron chi connectivity index (χ1n) is 3.38. The molecule has 0 saturated carbocycles. The standard InChI is InChI=1S/C7H11FO3/c1-3-11-7(10)5(2)6(9)4-8/h5H,3-4H2,1-2H3. The molecule has 0 radical (unpaired) electrons. The van der Waals surface area contributed by atoms with Crippen molar-refractivity contribution in [3.8, 4) is 0 Å². The van der Waals surface area contributed by atoms with Crippen molar-refractivity contribution < 1.29 is 18.7 Å². The van der Waals surface area contributed by atoms with E-state index in [0.29, 0.717) is 0 Å². The Labute approximate surface area is 64.5 Å². The molecule has 64 valence electrons. The summed E-state index contributed by atoms with van der Waals surface area (Å²) in [7, 11) is 0. The molecule has 0 amide bonds. The third-order valence-electron chi connectivity index (χ3n) is 1.25. The SMILES string of the molecule is CCOC(=O)C(C)C(=O)CF. The second kappa shape index (κ2) is 4.82. The van der Waals surface area contributed by atoms with Gasteiger partial charge in [0, 0.05) is 0 Å². The fourth-order valence-electron chi connectivity index (χ4n) is 0.514. The monoisotopic (exact) mass is 162 g/mol. The van der Waals surface area contributed by atoms with Crippen molar-refractivity contribution in [3.63, 3.8) is 0 Å². The number of ketones is 1. The van der Waals surface area contributed by atoms with Gasteiger partial charge in [-0.3, -0.25) is 9.59 Å². The number of halogens is 1. The summed E-state index contributed by atoms with van der Waals surface area (Å²) in [5.74, 6) is -2.36. The van der Waals surface area contributed by atoms with Crippen LogP contribution >= 0.6 is 0 Å². The number of hydrogen-bond donors (Lipinski definition) is 0. The Kier molecular flexibility index (Phi) is 4.41. The highest BCUT2D eigenvalue weighted by molar-refractivity contribution is 5.99. The summed E-state index contributed by atoms with van der Waals surface area (Å²) < 4.78 is 16.2. The van der Waals surface area contributed by atoms with E-state index in [2.05, 4.69) is 4.74 Å². The molecule has 0 fully saturated rings. The van der Waals surface area contributed by atoms with E-state index in [-0.39, 0.29) is 6.61 Å². The number of carbonyl (C=O) groups is 2. The number of carbonyl (C=O) groups excluding carboxylic acids is 2. The third kappa shape index (κ3) is 3.11. The molecule has 0 spiro atoms. The van der Waals surface area contributed by atoms with Crippen LogP contribution < -0.4 is 0 Å². The van der Waals surface area contributed by atoms with Gasteiger partial charge in [0.25, 0.3) is 0 Å². The van der Waals surface area contributed by atoms with Gasteiger partial charge in [0.1, 0.15) is 12.6 Å². The summed E-state index contributed by atoms with van der Waals surface area (Å²) in [6.45, 7) is 2.06. The normalized spacial score (nSPS) is 12.3. The Morgan fingerprint density at radius 1 is 1.55 bits per heavy atom. The fraction of sp³-hybridized carbons (Fsp3) is 0.714. The molecule has 0 rings (SSSR count). The first-order chi connectivity index (χ1) is 5.13. The first kappa shape index (κ1) is 10.1. The fourth-order valence-corrected chi connectivity index (χ4v) is 0.514. The van der Waals surface area contributed by atoms with Gasteiger partial charge in [-0.25, -0.2) is 4.39 Å². The zero-order valence-electron chi connectivity index (χ0n) is 6.59. The molecule has 0 aromatic rings. The predicted octanol–water partition coefficient (Wildman–Crippen LogP) is 0.724. The molecule has 0 aliphatic carbocycles. The molecule has 1 atom stereocenters. The number of alkyl halides is 1. The van der Waals surface area contributed by atoms with Gasteiger partial charge in [-0.15, -0.1) is 0 Å². The van der Waals surface area contributed by atoms with Gasteiger partial charge in [0.15, 0.2) is 5.78 Å².